The fraction of sp³-hybridized carbons (Fsp3) is 0.400. The first-order valence-corrected chi connectivity index (χ1v) is 6.54. The summed E-state index contributed by atoms with van der Waals surface area (Å²) in [6.45, 7) is 4.52. The molecule has 2 rings (SSSR count). The Morgan fingerprint density at radius 1 is 1.32 bits per heavy atom. The molecule has 0 fully saturated rings. The minimum absolute atomic E-state index is 0.164. The van der Waals surface area contributed by atoms with Crippen molar-refractivity contribution < 1.29 is 9.84 Å². The maximum Gasteiger partial charge on any atom is 0.218 e. The molecule has 1 heterocycles. The van der Waals surface area contributed by atoms with Crippen LogP contribution < -0.4 is 4.74 Å². The van der Waals surface area contributed by atoms with Gasteiger partial charge in [-0.05, 0) is 18.7 Å². The Balaban J connectivity index is 2.34. The van der Waals surface area contributed by atoms with Crippen LogP contribution in [0.1, 0.15) is 12.5 Å². The molecule has 0 atom stereocenters. The van der Waals surface area contributed by atoms with E-state index in [0.29, 0.717) is 12.4 Å². The van der Waals surface area contributed by atoms with Crippen molar-refractivity contribution in [3.05, 3.63) is 35.9 Å². The molecule has 0 spiro atoms. The van der Waals surface area contributed by atoms with Crippen LogP contribution in [0.15, 0.2) is 30.3 Å². The number of aliphatic hydroxyl groups excluding tert-OH is 1. The third kappa shape index (κ3) is 3.22. The van der Waals surface area contributed by atoms with E-state index in [1.807, 2.05) is 24.3 Å². The van der Waals surface area contributed by atoms with Crippen molar-refractivity contribution in [3.63, 3.8) is 0 Å². The largest absolute Gasteiger partial charge is 0.481 e. The van der Waals surface area contributed by atoms with Gasteiger partial charge in [0.05, 0.1) is 19.2 Å². The lowest BCUT2D eigenvalue weighted by atomic mass is 10.1. The van der Waals surface area contributed by atoms with E-state index in [9.17, 15) is 0 Å². The Hall–Kier alpha value is -1.65. The lowest BCUT2D eigenvalue weighted by Crippen LogP contribution is -2.26. The third-order valence-corrected chi connectivity index (χ3v) is 3.21. The van der Waals surface area contributed by atoms with Gasteiger partial charge in [0.1, 0.15) is 0 Å². The third-order valence-electron chi connectivity index (χ3n) is 3.21. The van der Waals surface area contributed by atoms with Crippen LogP contribution in [0.4, 0.5) is 0 Å². The van der Waals surface area contributed by atoms with Crippen LogP contribution in [0, 0.1) is 0 Å². The highest BCUT2D eigenvalue weighted by molar-refractivity contribution is 5.80. The van der Waals surface area contributed by atoms with Gasteiger partial charge in [0.25, 0.3) is 0 Å². The normalized spacial score (nSPS) is 11.2. The van der Waals surface area contributed by atoms with Gasteiger partial charge in [-0.15, -0.1) is 0 Å². The van der Waals surface area contributed by atoms with Gasteiger partial charge in [-0.3, -0.25) is 4.90 Å². The van der Waals surface area contributed by atoms with Crippen LogP contribution in [-0.4, -0.2) is 41.8 Å². The molecule has 0 radical (unpaired) electrons. The fourth-order valence-electron chi connectivity index (χ4n) is 2.16. The number of para-hydroxylation sites is 1. The van der Waals surface area contributed by atoms with Gasteiger partial charge in [-0.2, -0.15) is 0 Å². The zero-order valence-electron chi connectivity index (χ0n) is 11.5. The Morgan fingerprint density at radius 2 is 2.11 bits per heavy atom. The van der Waals surface area contributed by atoms with Crippen LogP contribution >= 0.6 is 0 Å². The molecule has 102 valence electrons. The highest BCUT2D eigenvalue weighted by Gasteiger charge is 2.10. The van der Waals surface area contributed by atoms with Gasteiger partial charge >= 0.3 is 0 Å². The number of aliphatic hydroxyl groups is 1. The van der Waals surface area contributed by atoms with Gasteiger partial charge < -0.3 is 9.84 Å². The molecular weight excluding hydrogens is 240 g/mol. The van der Waals surface area contributed by atoms with Gasteiger partial charge in [0, 0.05) is 24.0 Å². The van der Waals surface area contributed by atoms with Crippen molar-refractivity contribution in [2.75, 3.05) is 26.8 Å². The molecule has 0 aliphatic rings. The first-order valence-electron chi connectivity index (χ1n) is 6.54. The van der Waals surface area contributed by atoms with E-state index in [2.05, 4.69) is 22.9 Å². The topological polar surface area (TPSA) is 45.6 Å². The van der Waals surface area contributed by atoms with Crippen molar-refractivity contribution in [3.8, 4) is 5.88 Å². The molecule has 2 aromatic rings. The van der Waals surface area contributed by atoms with Crippen LogP contribution in [-0.2, 0) is 6.54 Å². The average Bonchev–Trinajstić information content (AvgIpc) is 2.46. The summed E-state index contributed by atoms with van der Waals surface area (Å²) in [4.78, 5) is 6.69. The molecule has 4 heteroatoms. The van der Waals surface area contributed by atoms with Crippen LogP contribution in [0.3, 0.4) is 0 Å². The molecule has 1 aromatic heterocycles. The number of likely N-dealkylation sites (N-methyl/N-ethyl adjacent to an activating group) is 1. The summed E-state index contributed by atoms with van der Waals surface area (Å²) in [5, 5.41) is 10.2. The molecule has 4 nitrogen and oxygen atoms in total. The number of fused-ring (bicyclic) bond motifs is 1. The van der Waals surface area contributed by atoms with E-state index in [-0.39, 0.29) is 6.61 Å². The Morgan fingerprint density at radius 3 is 2.79 bits per heavy atom. The Bertz CT molecular complexity index is 543. The number of ether oxygens (including phenoxy) is 1. The van der Waals surface area contributed by atoms with E-state index in [1.165, 1.54) is 0 Å². The van der Waals surface area contributed by atoms with Crippen molar-refractivity contribution in [1.82, 2.24) is 9.88 Å². The fourth-order valence-corrected chi connectivity index (χ4v) is 2.16. The maximum absolute atomic E-state index is 9.06. The van der Waals surface area contributed by atoms with E-state index in [1.54, 1.807) is 7.11 Å². The van der Waals surface area contributed by atoms with Crippen molar-refractivity contribution in [2.45, 2.75) is 13.5 Å². The van der Waals surface area contributed by atoms with Crippen LogP contribution in [0.2, 0.25) is 0 Å². The van der Waals surface area contributed by atoms with Gasteiger partial charge in [0.15, 0.2) is 0 Å². The zero-order chi connectivity index (χ0) is 13.7. The zero-order valence-corrected chi connectivity index (χ0v) is 11.5. The number of benzene rings is 1. The number of aromatic nitrogens is 1. The molecule has 0 unspecified atom stereocenters. The number of pyridine rings is 1. The van der Waals surface area contributed by atoms with E-state index in [0.717, 1.165) is 29.6 Å². The number of nitrogens with zero attached hydrogens (tertiary/aromatic N) is 2. The summed E-state index contributed by atoms with van der Waals surface area (Å²) in [5.41, 5.74) is 1.99. The smallest absolute Gasteiger partial charge is 0.218 e. The van der Waals surface area contributed by atoms with Crippen molar-refractivity contribution in [2.24, 2.45) is 0 Å². The first-order chi connectivity index (χ1) is 9.28. The molecule has 1 aromatic carbocycles. The summed E-state index contributed by atoms with van der Waals surface area (Å²) >= 11 is 0. The molecule has 0 saturated carbocycles. The highest BCUT2D eigenvalue weighted by atomic mass is 16.5. The summed E-state index contributed by atoms with van der Waals surface area (Å²) in [6.07, 6.45) is 0. The van der Waals surface area contributed by atoms with E-state index >= 15 is 0 Å². The minimum Gasteiger partial charge on any atom is -0.481 e. The van der Waals surface area contributed by atoms with E-state index in [4.69, 9.17) is 9.84 Å². The molecule has 1 N–H and O–H groups in total. The van der Waals surface area contributed by atoms with Crippen molar-refractivity contribution >= 4 is 10.9 Å². The molecule has 0 saturated heterocycles. The van der Waals surface area contributed by atoms with Gasteiger partial charge in [-0.1, -0.05) is 25.1 Å². The quantitative estimate of drug-likeness (QED) is 0.863. The number of rotatable bonds is 6. The van der Waals surface area contributed by atoms with Gasteiger partial charge in [-0.25, -0.2) is 4.98 Å². The second-order valence-corrected chi connectivity index (χ2v) is 4.44. The summed E-state index contributed by atoms with van der Waals surface area (Å²) < 4.78 is 5.38. The molecule has 0 amide bonds. The summed E-state index contributed by atoms with van der Waals surface area (Å²) in [5.74, 6) is 0.662. The maximum atomic E-state index is 9.06. The lowest BCUT2D eigenvalue weighted by Gasteiger charge is -2.20. The standard InChI is InChI=1S/C15H20N2O2/c1-3-17(8-9-18)11-13-10-12-6-4-5-7-14(12)16-15(13)19-2/h4-7,10,18H,3,8-9,11H2,1-2H3. The predicted molar refractivity (Wildman–Crippen MR) is 76.3 cm³/mol. The summed E-state index contributed by atoms with van der Waals surface area (Å²) in [7, 11) is 1.64. The summed E-state index contributed by atoms with van der Waals surface area (Å²) in [6, 6.07) is 10.1. The van der Waals surface area contributed by atoms with Crippen LogP contribution in [0.25, 0.3) is 10.9 Å². The number of hydrogen-bond acceptors (Lipinski definition) is 4. The Kier molecular flexibility index (Phi) is 4.71. The second-order valence-electron chi connectivity index (χ2n) is 4.44. The molecule has 0 bridgehead atoms. The van der Waals surface area contributed by atoms with E-state index < -0.39 is 0 Å². The second kappa shape index (κ2) is 6.50. The van der Waals surface area contributed by atoms with Crippen LogP contribution in [0.5, 0.6) is 5.88 Å². The monoisotopic (exact) mass is 260 g/mol. The number of methoxy groups -OCH3 is 1. The molecule has 0 aliphatic heterocycles. The van der Waals surface area contributed by atoms with Crippen molar-refractivity contribution in [1.29, 1.82) is 0 Å². The molecule has 0 aliphatic carbocycles. The lowest BCUT2D eigenvalue weighted by molar-refractivity contribution is 0.195. The SMILES string of the molecule is CCN(CCO)Cc1cc2ccccc2nc1OC. The Labute approximate surface area is 113 Å². The highest BCUT2D eigenvalue weighted by Crippen LogP contribution is 2.23. The predicted octanol–water partition coefficient (Wildman–Crippen LogP) is 2.06. The first kappa shape index (κ1) is 13.8. The molecule has 19 heavy (non-hydrogen) atoms. The molecular formula is C15H20N2O2. The average molecular weight is 260 g/mol. The minimum atomic E-state index is 0.164. The number of hydrogen-bond donors (Lipinski definition) is 1. The van der Waals surface area contributed by atoms with Gasteiger partial charge in [0.2, 0.25) is 5.88 Å².